The SMILES string of the molecule is O=C(COC(=O)c1ccc(N2CCCC2=O)cc1)c1ccc(F)cc1. The van der Waals surface area contributed by atoms with Crippen molar-refractivity contribution in [1.29, 1.82) is 0 Å². The number of rotatable bonds is 5. The average Bonchev–Trinajstić information content (AvgIpc) is 3.06. The van der Waals surface area contributed by atoms with Crippen LogP contribution >= 0.6 is 0 Å². The van der Waals surface area contributed by atoms with Crippen LogP contribution in [-0.4, -0.2) is 30.8 Å². The molecule has 2 aromatic rings. The van der Waals surface area contributed by atoms with Gasteiger partial charge in [0.25, 0.3) is 0 Å². The minimum Gasteiger partial charge on any atom is -0.454 e. The summed E-state index contributed by atoms with van der Waals surface area (Å²) in [6.45, 7) is 0.256. The van der Waals surface area contributed by atoms with E-state index in [2.05, 4.69) is 0 Å². The third-order valence-corrected chi connectivity index (χ3v) is 3.99. The highest BCUT2D eigenvalue weighted by Gasteiger charge is 2.22. The van der Waals surface area contributed by atoms with Crippen molar-refractivity contribution in [2.75, 3.05) is 18.1 Å². The van der Waals surface area contributed by atoms with Crippen LogP contribution in [0.15, 0.2) is 48.5 Å². The van der Waals surface area contributed by atoms with Gasteiger partial charge in [-0.25, -0.2) is 9.18 Å². The van der Waals surface area contributed by atoms with Crippen molar-refractivity contribution in [1.82, 2.24) is 0 Å². The molecule has 6 heteroatoms. The van der Waals surface area contributed by atoms with Crippen molar-refractivity contribution in [2.45, 2.75) is 12.8 Å². The van der Waals surface area contributed by atoms with Crippen LogP contribution in [0, 0.1) is 5.82 Å². The molecule has 1 fully saturated rings. The fourth-order valence-corrected chi connectivity index (χ4v) is 2.63. The number of ketones is 1. The Hall–Kier alpha value is -3.02. The van der Waals surface area contributed by atoms with Crippen LogP contribution in [0.25, 0.3) is 0 Å². The smallest absolute Gasteiger partial charge is 0.338 e. The van der Waals surface area contributed by atoms with Crippen molar-refractivity contribution < 1.29 is 23.5 Å². The predicted molar refractivity (Wildman–Crippen MR) is 89.0 cm³/mol. The molecular formula is C19H16FNO4. The summed E-state index contributed by atoms with van der Waals surface area (Å²) in [6, 6.07) is 11.5. The van der Waals surface area contributed by atoms with E-state index in [-0.39, 0.29) is 11.5 Å². The summed E-state index contributed by atoms with van der Waals surface area (Å²) in [4.78, 5) is 37.3. The Labute approximate surface area is 144 Å². The van der Waals surface area contributed by atoms with E-state index in [1.165, 1.54) is 24.3 Å². The van der Waals surface area contributed by atoms with Gasteiger partial charge in [-0.15, -0.1) is 0 Å². The minimum absolute atomic E-state index is 0.0696. The number of nitrogens with zero attached hydrogens (tertiary/aromatic N) is 1. The van der Waals surface area contributed by atoms with Gasteiger partial charge in [-0.1, -0.05) is 0 Å². The molecular weight excluding hydrogens is 325 g/mol. The van der Waals surface area contributed by atoms with Crippen LogP contribution in [0.5, 0.6) is 0 Å². The van der Waals surface area contributed by atoms with Crippen molar-refractivity contribution in [3.8, 4) is 0 Å². The maximum atomic E-state index is 12.8. The lowest BCUT2D eigenvalue weighted by atomic mass is 10.1. The molecule has 25 heavy (non-hydrogen) atoms. The molecule has 3 rings (SSSR count). The lowest BCUT2D eigenvalue weighted by molar-refractivity contribution is -0.117. The molecule has 1 aliphatic heterocycles. The van der Waals surface area contributed by atoms with Crippen molar-refractivity contribution in [3.63, 3.8) is 0 Å². The van der Waals surface area contributed by atoms with Gasteiger partial charge in [-0.2, -0.15) is 0 Å². The normalized spacial score (nSPS) is 13.8. The van der Waals surface area contributed by atoms with Crippen molar-refractivity contribution in [3.05, 3.63) is 65.5 Å². The Balaban J connectivity index is 1.58. The first-order chi connectivity index (χ1) is 12.0. The number of hydrogen-bond acceptors (Lipinski definition) is 4. The van der Waals surface area contributed by atoms with Gasteiger partial charge in [0.15, 0.2) is 12.4 Å². The number of esters is 1. The van der Waals surface area contributed by atoms with E-state index in [9.17, 15) is 18.8 Å². The largest absolute Gasteiger partial charge is 0.454 e. The molecule has 0 radical (unpaired) electrons. The van der Waals surface area contributed by atoms with E-state index < -0.39 is 24.2 Å². The number of halogens is 1. The quantitative estimate of drug-likeness (QED) is 0.619. The molecule has 128 valence electrons. The first-order valence-electron chi connectivity index (χ1n) is 7.91. The van der Waals surface area contributed by atoms with Crippen LogP contribution in [0.2, 0.25) is 0 Å². The van der Waals surface area contributed by atoms with Gasteiger partial charge >= 0.3 is 5.97 Å². The summed E-state index contributed by atoms with van der Waals surface area (Å²) >= 11 is 0. The van der Waals surface area contributed by atoms with E-state index in [1.54, 1.807) is 29.2 Å². The molecule has 0 spiro atoms. The minimum atomic E-state index is -0.630. The maximum Gasteiger partial charge on any atom is 0.338 e. The van der Waals surface area contributed by atoms with Gasteiger partial charge in [0.1, 0.15) is 5.82 Å². The molecule has 0 bridgehead atoms. The van der Waals surface area contributed by atoms with Gasteiger partial charge in [0.05, 0.1) is 5.56 Å². The summed E-state index contributed by atoms with van der Waals surface area (Å²) in [5.74, 6) is -1.41. The number of anilines is 1. The average molecular weight is 341 g/mol. The second kappa shape index (κ2) is 7.25. The first kappa shape index (κ1) is 16.8. The Kier molecular flexibility index (Phi) is 4.88. The number of amides is 1. The van der Waals surface area contributed by atoms with Gasteiger partial charge in [-0.3, -0.25) is 9.59 Å². The topological polar surface area (TPSA) is 63.7 Å². The lowest BCUT2D eigenvalue weighted by Gasteiger charge is -2.15. The van der Waals surface area contributed by atoms with E-state index in [0.717, 1.165) is 12.1 Å². The van der Waals surface area contributed by atoms with Gasteiger partial charge in [0.2, 0.25) is 5.91 Å². The number of ether oxygens (including phenoxy) is 1. The van der Waals surface area contributed by atoms with Gasteiger partial charge in [0, 0.05) is 24.2 Å². The lowest BCUT2D eigenvalue weighted by Crippen LogP contribution is -2.23. The molecule has 0 saturated carbocycles. The van der Waals surface area contributed by atoms with E-state index in [0.29, 0.717) is 18.5 Å². The predicted octanol–water partition coefficient (Wildman–Crippen LogP) is 2.99. The Morgan fingerprint density at radius 2 is 1.64 bits per heavy atom. The number of carbonyl (C=O) groups excluding carboxylic acids is 3. The first-order valence-corrected chi connectivity index (χ1v) is 7.91. The summed E-state index contributed by atoms with van der Waals surface area (Å²) in [5.41, 5.74) is 1.31. The highest BCUT2D eigenvalue weighted by molar-refractivity contribution is 5.99. The highest BCUT2D eigenvalue weighted by Crippen LogP contribution is 2.21. The molecule has 0 aliphatic carbocycles. The van der Waals surface area contributed by atoms with Gasteiger partial charge < -0.3 is 9.64 Å². The summed E-state index contributed by atoms with van der Waals surface area (Å²) < 4.78 is 17.8. The number of Topliss-reactive ketones (excluding diaryl/α,β-unsaturated/α-hetero) is 1. The van der Waals surface area contributed by atoms with E-state index in [4.69, 9.17) is 4.74 Å². The van der Waals surface area contributed by atoms with Gasteiger partial charge in [-0.05, 0) is 55.0 Å². The molecule has 0 N–H and O–H groups in total. The van der Waals surface area contributed by atoms with Crippen LogP contribution in [0.4, 0.5) is 10.1 Å². The Bertz CT molecular complexity index is 799. The summed E-state index contributed by atoms with van der Waals surface area (Å²) in [6.07, 6.45) is 1.36. The maximum absolute atomic E-state index is 12.8. The summed E-state index contributed by atoms with van der Waals surface area (Å²) in [5, 5.41) is 0. The zero-order valence-corrected chi connectivity index (χ0v) is 13.4. The third kappa shape index (κ3) is 3.91. The Morgan fingerprint density at radius 3 is 2.24 bits per heavy atom. The van der Waals surface area contributed by atoms with E-state index in [1.807, 2.05) is 0 Å². The fraction of sp³-hybridized carbons (Fsp3) is 0.211. The zero-order chi connectivity index (χ0) is 17.8. The molecule has 1 amide bonds. The standard InChI is InChI=1S/C19H16FNO4/c20-15-7-3-13(4-8-15)17(22)12-25-19(24)14-5-9-16(10-6-14)21-11-1-2-18(21)23/h3-10H,1-2,11-12H2. The second-order valence-electron chi connectivity index (χ2n) is 5.70. The van der Waals surface area contributed by atoms with E-state index >= 15 is 0 Å². The second-order valence-corrected chi connectivity index (χ2v) is 5.70. The molecule has 0 unspecified atom stereocenters. The van der Waals surface area contributed by atoms with Crippen molar-refractivity contribution in [2.24, 2.45) is 0 Å². The molecule has 0 atom stereocenters. The number of hydrogen-bond donors (Lipinski definition) is 0. The Morgan fingerprint density at radius 1 is 1.00 bits per heavy atom. The number of benzene rings is 2. The zero-order valence-electron chi connectivity index (χ0n) is 13.4. The molecule has 1 saturated heterocycles. The molecule has 1 aliphatic rings. The molecule has 2 aromatic carbocycles. The van der Waals surface area contributed by atoms with Crippen LogP contribution in [0.3, 0.4) is 0 Å². The summed E-state index contributed by atoms with van der Waals surface area (Å²) in [7, 11) is 0. The van der Waals surface area contributed by atoms with Crippen LogP contribution in [-0.2, 0) is 9.53 Å². The fourth-order valence-electron chi connectivity index (χ4n) is 2.63. The monoisotopic (exact) mass is 341 g/mol. The van der Waals surface area contributed by atoms with Crippen molar-refractivity contribution >= 4 is 23.3 Å². The number of carbonyl (C=O) groups is 3. The molecule has 1 heterocycles. The molecule has 5 nitrogen and oxygen atoms in total. The van der Waals surface area contributed by atoms with Crippen LogP contribution < -0.4 is 4.90 Å². The third-order valence-electron chi connectivity index (χ3n) is 3.99. The highest BCUT2D eigenvalue weighted by atomic mass is 19.1. The van der Waals surface area contributed by atoms with Crippen LogP contribution in [0.1, 0.15) is 33.6 Å². The molecule has 0 aromatic heterocycles.